The first-order chi connectivity index (χ1) is 7.30. The molecule has 0 aliphatic rings. The van der Waals surface area contributed by atoms with Crippen molar-refractivity contribution in [3.05, 3.63) is 27.1 Å². The lowest BCUT2D eigenvalue weighted by atomic mass is 10.3. The standard InChI is InChI=1S/C8H7Br2NO4S/c9-5-1-2-7(6(10)3-5)11-16(14,15)4-8(12)13/h1-3,11H,4H2,(H,12,13). The molecule has 2 N–H and O–H groups in total. The molecular weight excluding hydrogens is 366 g/mol. The zero-order valence-corrected chi connectivity index (χ0v) is 11.8. The quantitative estimate of drug-likeness (QED) is 0.847. The minimum Gasteiger partial charge on any atom is -0.480 e. The van der Waals surface area contributed by atoms with Crippen LogP contribution in [0, 0.1) is 0 Å². The molecule has 0 saturated carbocycles. The van der Waals surface area contributed by atoms with Gasteiger partial charge in [-0.25, -0.2) is 8.42 Å². The van der Waals surface area contributed by atoms with E-state index in [1.807, 2.05) is 0 Å². The fraction of sp³-hybridized carbons (Fsp3) is 0.125. The largest absolute Gasteiger partial charge is 0.480 e. The molecule has 1 rings (SSSR count). The number of sulfonamides is 1. The Kier molecular flexibility index (Phi) is 4.34. The van der Waals surface area contributed by atoms with Crippen LogP contribution in [0.15, 0.2) is 27.1 Å². The average Bonchev–Trinajstić information content (AvgIpc) is 2.07. The van der Waals surface area contributed by atoms with Crippen molar-refractivity contribution < 1.29 is 18.3 Å². The number of hydrogen-bond donors (Lipinski definition) is 2. The molecule has 0 radical (unpaired) electrons. The van der Waals surface area contributed by atoms with Crippen LogP contribution in [0.3, 0.4) is 0 Å². The van der Waals surface area contributed by atoms with Gasteiger partial charge in [-0.1, -0.05) is 15.9 Å². The smallest absolute Gasteiger partial charge is 0.320 e. The Bertz CT molecular complexity index is 515. The normalized spacial score (nSPS) is 11.1. The van der Waals surface area contributed by atoms with Crippen LogP contribution in [0.1, 0.15) is 0 Å². The van der Waals surface area contributed by atoms with E-state index in [9.17, 15) is 13.2 Å². The first-order valence-corrected chi connectivity index (χ1v) is 7.21. The number of carboxylic acids is 1. The highest BCUT2D eigenvalue weighted by Gasteiger charge is 2.16. The topological polar surface area (TPSA) is 83.5 Å². The van der Waals surface area contributed by atoms with Crippen LogP contribution in [-0.2, 0) is 14.8 Å². The number of aliphatic carboxylic acids is 1. The van der Waals surface area contributed by atoms with E-state index in [0.717, 1.165) is 4.47 Å². The molecule has 88 valence electrons. The molecule has 5 nitrogen and oxygen atoms in total. The van der Waals surface area contributed by atoms with Crippen molar-refractivity contribution in [2.24, 2.45) is 0 Å². The fourth-order valence-electron chi connectivity index (χ4n) is 0.938. The molecule has 0 spiro atoms. The Balaban J connectivity index is 2.92. The van der Waals surface area contributed by atoms with Gasteiger partial charge in [0.05, 0.1) is 5.69 Å². The van der Waals surface area contributed by atoms with Crippen LogP contribution in [-0.4, -0.2) is 25.2 Å². The van der Waals surface area contributed by atoms with Crippen molar-refractivity contribution in [3.8, 4) is 0 Å². The molecule has 1 aromatic rings. The van der Waals surface area contributed by atoms with Crippen molar-refractivity contribution in [1.82, 2.24) is 0 Å². The molecule has 0 aliphatic heterocycles. The predicted molar refractivity (Wildman–Crippen MR) is 66.9 cm³/mol. The lowest BCUT2D eigenvalue weighted by molar-refractivity contribution is -0.134. The van der Waals surface area contributed by atoms with Crippen molar-refractivity contribution in [3.63, 3.8) is 0 Å². The highest BCUT2D eigenvalue weighted by Crippen LogP contribution is 2.26. The Morgan fingerprint density at radius 1 is 1.38 bits per heavy atom. The summed E-state index contributed by atoms with van der Waals surface area (Å²) in [5.41, 5.74) is 0.296. The molecule has 0 saturated heterocycles. The van der Waals surface area contributed by atoms with E-state index in [1.54, 1.807) is 12.1 Å². The van der Waals surface area contributed by atoms with Crippen molar-refractivity contribution in [1.29, 1.82) is 0 Å². The third-order valence-corrected chi connectivity index (χ3v) is 3.82. The summed E-state index contributed by atoms with van der Waals surface area (Å²) < 4.78 is 26.1. The summed E-state index contributed by atoms with van der Waals surface area (Å²) in [6, 6.07) is 4.82. The molecule has 0 aromatic heterocycles. The second-order valence-corrected chi connectivity index (χ2v) is 6.37. The number of nitrogens with one attached hydrogen (secondary N) is 1. The van der Waals surface area contributed by atoms with Crippen LogP contribution in [0.4, 0.5) is 5.69 Å². The molecule has 0 amide bonds. The molecule has 0 atom stereocenters. The maximum atomic E-state index is 11.3. The number of carbonyl (C=O) groups is 1. The molecular formula is C8H7Br2NO4S. The van der Waals surface area contributed by atoms with E-state index in [0.29, 0.717) is 10.2 Å². The van der Waals surface area contributed by atoms with E-state index in [-0.39, 0.29) is 0 Å². The SMILES string of the molecule is O=C(O)CS(=O)(=O)Nc1ccc(Br)cc1Br. The Morgan fingerprint density at radius 2 is 2.00 bits per heavy atom. The first kappa shape index (κ1) is 13.5. The van der Waals surface area contributed by atoms with Gasteiger partial charge in [0.1, 0.15) is 0 Å². The number of anilines is 1. The Hall–Kier alpha value is -0.600. The number of halogens is 2. The summed E-state index contributed by atoms with van der Waals surface area (Å²) in [6.45, 7) is 0. The lowest BCUT2D eigenvalue weighted by Crippen LogP contribution is -2.22. The van der Waals surface area contributed by atoms with Gasteiger partial charge in [0.25, 0.3) is 0 Å². The number of carboxylic acid groups (broad SMARTS) is 1. The van der Waals surface area contributed by atoms with Crippen LogP contribution in [0.25, 0.3) is 0 Å². The number of benzene rings is 1. The monoisotopic (exact) mass is 371 g/mol. The van der Waals surface area contributed by atoms with Gasteiger partial charge in [-0.2, -0.15) is 0 Å². The number of rotatable bonds is 4. The minimum atomic E-state index is -3.86. The van der Waals surface area contributed by atoms with Gasteiger partial charge in [0.2, 0.25) is 10.0 Å². The van der Waals surface area contributed by atoms with Gasteiger partial charge in [0.15, 0.2) is 5.75 Å². The van der Waals surface area contributed by atoms with Crippen molar-refractivity contribution in [2.75, 3.05) is 10.5 Å². The summed E-state index contributed by atoms with van der Waals surface area (Å²) in [5.74, 6) is -2.36. The molecule has 0 aliphatic carbocycles. The summed E-state index contributed by atoms with van der Waals surface area (Å²) >= 11 is 6.38. The highest BCUT2D eigenvalue weighted by molar-refractivity contribution is 9.11. The maximum Gasteiger partial charge on any atom is 0.320 e. The van der Waals surface area contributed by atoms with Crippen LogP contribution in [0.2, 0.25) is 0 Å². The van der Waals surface area contributed by atoms with Gasteiger partial charge < -0.3 is 5.11 Å². The summed E-state index contributed by atoms with van der Waals surface area (Å²) in [6.07, 6.45) is 0. The third-order valence-electron chi connectivity index (χ3n) is 1.51. The van der Waals surface area contributed by atoms with E-state index >= 15 is 0 Å². The van der Waals surface area contributed by atoms with Gasteiger partial charge in [-0.05, 0) is 34.1 Å². The number of hydrogen-bond acceptors (Lipinski definition) is 3. The average molecular weight is 373 g/mol. The van der Waals surface area contributed by atoms with Gasteiger partial charge in [-0.15, -0.1) is 0 Å². The molecule has 16 heavy (non-hydrogen) atoms. The first-order valence-electron chi connectivity index (χ1n) is 3.97. The zero-order valence-electron chi connectivity index (χ0n) is 7.78. The Labute approximate surface area is 109 Å². The minimum absolute atomic E-state index is 0.296. The van der Waals surface area contributed by atoms with Gasteiger partial charge in [-0.3, -0.25) is 9.52 Å². The highest BCUT2D eigenvalue weighted by atomic mass is 79.9. The van der Waals surface area contributed by atoms with Crippen LogP contribution < -0.4 is 4.72 Å². The molecule has 1 aromatic carbocycles. The molecule has 0 bridgehead atoms. The fourth-order valence-corrected chi connectivity index (χ4v) is 3.13. The van der Waals surface area contributed by atoms with E-state index in [1.165, 1.54) is 6.07 Å². The van der Waals surface area contributed by atoms with Crippen LogP contribution in [0.5, 0.6) is 0 Å². The second kappa shape index (κ2) is 5.15. The zero-order chi connectivity index (χ0) is 12.3. The molecule has 0 unspecified atom stereocenters. The van der Waals surface area contributed by atoms with E-state index in [4.69, 9.17) is 5.11 Å². The van der Waals surface area contributed by atoms with Crippen LogP contribution >= 0.6 is 31.9 Å². The van der Waals surface area contributed by atoms with Crippen molar-refractivity contribution in [2.45, 2.75) is 0 Å². The van der Waals surface area contributed by atoms with Gasteiger partial charge >= 0.3 is 5.97 Å². The lowest BCUT2D eigenvalue weighted by Gasteiger charge is -2.08. The molecule has 0 heterocycles. The molecule has 8 heteroatoms. The summed E-state index contributed by atoms with van der Waals surface area (Å²) in [7, 11) is -3.86. The second-order valence-electron chi connectivity index (χ2n) is 2.88. The Morgan fingerprint density at radius 3 is 2.50 bits per heavy atom. The third kappa shape index (κ3) is 4.11. The maximum absolute atomic E-state index is 11.3. The van der Waals surface area contributed by atoms with Gasteiger partial charge in [0, 0.05) is 8.95 Å². The summed E-state index contributed by atoms with van der Waals surface area (Å²) in [5, 5.41) is 8.40. The predicted octanol–water partition coefficient (Wildman–Crippen LogP) is 2.04. The summed E-state index contributed by atoms with van der Waals surface area (Å²) in [4.78, 5) is 10.3. The van der Waals surface area contributed by atoms with E-state index < -0.39 is 21.7 Å². The van der Waals surface area contributed by atoms with Crippen molar-refractivity contribution >= 4 is 53.5 Å². The van der Waals surface area contributed by atoms with E-state index in [2.05, 4.69) is 36.6 Å². The molecule has 0 fully saturated rings.